The van der Waals surface area contributed by atoms with E-state index in [1.54, 1.807) is 0 Å². The molecule has 48 valence electrons. The third-order valence-corrected chi connectivity index (χ3v) is 1.39. The Morgan fingerprint density at radius 1 is 1.56 bits per heavy atom. The Morgan fingerprint density at radius 3 is 2.78 bits per heavy atom. The Labute approximate surface area is 76.2 Å². The van der Waals surface area contributed by atoms with E-state index >= 15 is 0 Å². The van der Waals surface area contributed by atoms with E-state index in [9.17, 15) is 0 Å². The standard InChI is InChI=1S/C8H12.Zr/c1-2-5-8-6-3-4-7-8;/h3,6-7H,2,4-5H2,1H3;. The van der Waals surface area contributed by atoms with E-state index < -0.39 is 0 Å². The third-order valence-electron chi connectivity index (χ3n) is 1.39. The molecule has 9 heavy (non-hydrogen) atoms. The van der Waals surface area contributed by atoms with E-state index in [0.29, 0.717) is 0 Å². The molecule has 0 aromatic carbocycles. The maximum absolute atomic E-state index is 2.30. The topological polar surface area (TPSA) is 0 Å². The first kappa shape index (κ1) is 9.36. The van der Waals surface area contributed by atoms with Gasteiger partial charge in [-0.1, -0.05) is 37.1 Å². The van der Waals surface area contributed by atoms with Gasteiger partial charge in [-0.05, 0) is 12.8 Å². The molecule has 0 aromatic rings. The van der Waals surface area contributed by atoms with Gasteiger partial charge in [0.2, 0.25) is 0 Å². The summed E-state index contributed by atoms with van der Waals surface area (Å²) in [6.45, 7) is 2.22. The zero-order valence-electron chi connectivity index (χ0n) is 5.85. The van der Waals surface area contributed by atoms with E-state index in [0.717, 1.165) is 6.42 Å². The summed E-state index contributed by atoms with van der Waals surface area (Å²) in [5.74, 6) is 0. The number of rotatable bonds is 2. The van der Waals surface area contributed by atoms with Crippen LogP contribution < -0.4 is 0 Å². The van der Waals surface area contributed by atoms with Gasteiger partial charge in [0.15, 0.2) is 0 Å². The Bertz CT molecular complexity index is 123. The molecule has 1 aliphatic rings. The summed E-state index contributed by atoms with van der Waals surface area (Å²) in [6.07, 6.45) is 10.4. The van der Waals surface area contributed by atoms with E-state index in [4.69, 9.17) is 0 Å². The molecule has 0 N–H and O–H groups in total. The van der Waals surface area contributed by atoms with Gasteiger partial charge in [-0.2, -0.15) is 0 Å². The second kappa shape index (κ2) is 5.17. The van der Waals surface area contributed by atoms with Crippen molar-refractivity contribution in [2.45, 2.75) is 26.2 Å². The van der Waals surface area contributed by atoms with Gasteiger partial charge in [0.05, 0.1) is 0 Å². The molecule has 1 rings (SSSR count). The molecule has 0 unspecified atom stereocenters. The van der Waals surface area contributed by atoms with Crippen LogP contribution in [0.3, 0.4) is 0 Å². The molecule has 0 amide bonds. The van der Waals surface area contributed by atoms with Crippen molar-refractivity contribution in [1.82, 2.24) is 0 Å². The molecule has 0 nitrogen and oxygen atoms in total. The SMILES string of the molecule is CCCC1=CCC=C1.[Zr]. The number of hydrogen-bond acceptors (Lipinski definition) is 0. The van der Waals surface area contributed by atoms with Crippen LogP contribution in [-0.2, 0) is 26.2 Å². The van der Waals surface area contributed by atoms with Crippen molar-refractivity contribution >= 4 is 0 Å². The van der Waals surface area contributed by atoms with Crippen molar-refractivity contribution in [2.75, 3.05) is 0 Å². The van der Waals surface area contributed by atoms with Gasteiger partial charge in [0.25, 0.3) is 0 Å². The molecule has 0 spiro atoms. The molecule has 1 aliphatic carbocycles. The van der Waals surface area contributed by atoms with Crippen molar-refractivity contribution in [1.29, 1.82) is 0 Å². The molecule has 0 aliphatic heterocycles. The molecule has 0 bridgehead atoms. The molecule has 0 radical (unpaired) electrons. The molecular weight excluding hydrogens is 187 g/mol. The maximum Gasteiger partial charge on any atom is 0 e. The van der Waals surface area contributed by atoms with E-state index in [-0.39, 0.29) is 26.2 Å². The quantitative estimate of drug-likeness (QED) is 0.641. The molecule has 0 heterocycles. The van der Waals surface area contributed by atoms with Crippen LogP contribution in [0.2, 0.25) is 0 Å². The van der Waals surface area contributed by atoms with Crippen molar-refractivity contribution in [3.05, 3.63) is 23.8 Å². The Hall–Kier alpha value is 0.363. The molecule has 0 saturated heterocycles. The summed E-state index contributed by atoms with van der Waals surface area (Å²) in [7, 11) is 0. The molecule has 0 fully saturated rings. The number of allylic oxidation sites excluding steroid dienone is 4. The first-order valence-corrected chi connectivity index (χ1v) is 3.29. The predicted octanol–water partition coefficient (Wildman–Crippen LogP) is 2.67. The van der Waals surface area contributed by atoms with Gasteiger partial charge < -0.3 is 0 Å². The van der Waals surface area contributed by atoms with Crippen LogP contribution in [0, 0.1) is 0 Å². The van der Waals surface area contributed by atoms with Crippen LogP contribution >= 0.6 is 0 Å². The molecule has 0 atom stereocenters. The van der Waals surface area contributed by atoms with Crippen molar-refractivity contribution in [3.63, 3.8) is 0 Å². The molecular formula is C8H12Zr. The largest absolute Gasteiger partial charge is 0.0805 e. The first-order chi connectivity index (χ1) is 3.93. The summed E-state index contributed by atoms with van der Waals surface area (Å²) in [5.41, 5.74) is 1.52. The Morgan fingerprint density at radius 2 is 2.33 bits per heavy atom. The Balaban J connectivity index is 0.000000640. The summed E-state index contributed by atoms with van der Waals surface area (Å²) in [4.78, 5) is 0. The van der Waals surface area contributed by atoms with Crippen molar-refractivity contribution in [3.8, 4) is 0 Å². The minimum atomic E-state index is 0. The van der Waals surface area contributed by atoms with Gasteiger partial charge in [0, 0.05) is 26.2 Å². The fourth-order valence-corrected chi connectivity index (χ4v) is 0.981. The van der Waals surface area contributed by atoms with Crippen molar-refractivity contribution in [2.24, 2.45) is 0 Å². The van der Waals surface area contributed by atoms with Crippen LogP contribution in [0.1, 0.15) is 26.2 Å². The molecule has 0 aromatic heterocycles. The first-order valence-electron chi connectivity index (χ1n) is 3.29. The zero-order chi connectivity index (χ0) is 5.82. The summed E-state index contributed by atoms with van der Waals surface area (Å²) in [5, 5.41) is 0. The van der Waals surface area contributed by atoms with Crippen LogP contribution in [0.5, 0.6) is 0 Å². The number of hydrogen-bond donors (Lipinski definition) is 0. The van der Waals surface area contributed by atoms with E-state index in [1.165, 1.54) is 18.4 Å². The van der Waals surface area contributed by atoms with E-state index in [2.05, 4.69) is 25.2 Å². The van der Waals surface area contributed by atoms with Gasteiger partial charge in [-0.3, -0.25) is 0 Å². The third kappa shape index (κ3) is 3.15. The molecule has 0 saturated carbocycles. The van der Waals surface area contributed by atoms with Crippen LogP contribution in [-0.4, -0.2) is 0 Å². The minimum Gasteiger partial charge on any atom is -0.0805 e. The van der Waals surface area contributed by atoms with Gasteiger partial charge in [-0.25, -0.2) is 0 Å². The smallest absolute Gasteiger partial charge is 0 e. The fourth-order valence-electron chi connectivity index (χ4n) is 0.981. The van der Waals surface area contributed by atoms with Gasteiger partial charge in [0.1, 0.15) is 0 Å². The minimum absolute atomic E-state index is 0. The second-order valence-electron chi connectivity index (χ2n) is 2.17. The van der Waals surface area contributed by atoms with Crippen molar-refractivity contribution < 1.29 is 26.2 Å². The predicted molar refractivity (Wildman–Crippen MR) is 36.7 cm³/mol. The van der Waals surface area contributed by atoms with Crippen LogP contribution in [0.25, 0.3) is 0 Å². The van der Waals surface area contributed by atoms with Crippen LogP contribution in [0.4, 0.5) is 0 Å². The summed E-state index contributed by atoms with van der Waals surface area (Å²) >= 11 is 0. The summed E-state index contributed by atoms with van der Waals surface area (Å²) in [6, 6.07) is 0. The zero-order valence-corrected chi connectivity index (χ0v) is 8.31. The van der Waals surface area contributed by atoms with Crippen LogP contribution in [0.15, 0.2) is 23.8 Å². The average Bonchev–Trinajstić information content (AvgIpc) is 2.19. The average molecular weight is 199 g/mol. The van der Waals surface area contributed by atoms with Gasteiger partial charge in [-0.15, -0.1) is 0 Å². The second-order valence-corrected chi connectivity index (χ2v) is 2.17. The van der Waals surface area contributed by atoms with Gasteiger partial charge >= 0.3 is 0 Å². The fraction of sp³-hybridized carbons (Fsp3) is 0.500. The Kier molecular flexibility index (Phi) is 5.38. The summed E-state index contributed by atoms with van der Waals surface area (Å²) < 4.78 is 0. The molecule has 1 heteroatoms. The van der Waals surface area contributed by atoms with E-state index in [1.807, 2.05) is 0 Å². The monoisotopic (exact) mass is 198 g/mol. The maximum atomic E-state index is 2.30. The normalized spacial score (nSPS) is 15.0.